The molecule has 0 unspecified atom stereocenters. The van der Waals surface area contributed by atoms with Crippen LogP contribution in [0.4, 0.5) is 0 Å². The first-order valence-electron chi connectivity index (χ1n) is 17.7. The number of nitrogens with zero attached hydrogens (tertiary/aromatic N) is 7. The Morgan fingerprint density at radius 3 is 1.17 bits per heavy atom. The zero-order valence-corrected chi connectivity index (χ0v) is 28.9. The minimum atomic E-state index is 0.825. The molecule has 0 saturated heterocycles. The van der Waals surface area contributed by atoms with Gasteiger partial charge in [-0.05, 0) is 112 Å². The van der Waals surface area contributed by atoms with E-state index in [0.29, 0.717) is 0 Å². The van der Waals surface area contributed by atoms with Crippen LogP contribution in [0.1, 0.15) is 0 Å². The van der Waals surface area contributed by atoms with Crippen LogP contribution in [0, 0.1) is 0 Å². The van der Waals surface area contributed by atoms with Crippen LogP contribution in [0.25, 0.3) is 99.7 Å². The molecule has 7 heterocycles. The van der Waals surface area contributed by atoms with E-state index in [1.807, 2.05) is 85.6 Å². The van der Waals surface area contributed by atoms with Gasteiger partial charge in [0.15, 0.2) is 0 Å². The monoisotopic (exact) mass is 691 g/mol. The van der Waals surface area contributed by atoms with E-state index in [0.717, 1.165) is 99.7 Å². The van der Waals surface area contributed by atoms with Gasteiger partial charge in [0.05, 0.1) is 28.3 Å². The van der Waals surface area contributed by atoms with Gasteiger partial charge in [-0.1, -0.05) is 42.5 Å². The third kappa shape index (κ3) is 5.52. The summed E-state index contributed by atoms with van der Waals surface area (Å²) in [4.78, 5) is 33.1. The standard InChI is InChI=1S/C47H29N7/c1-2-14-37-36(13-1)45(34-21-41(30-9-5-17-48-25-30)53-42(22-34)31-10-6-18-49-26-31)39-29-52-40-16-4-3-15-38(40)47(39)46(37)35-23-43(32-11-7-19-50-27-32)54-44(24-35)33-12-8-20-51-28-33/h1-29H. The van der Waals surface area contributed by atoms with Gasteiger partial charge in [-0.25, -0.2) is 9.97 Å². The average Bonchev–Trinajstić information content (AvgIpc) is 3.26. The van der Waals surface area contributed by atoms with E-state index in [9.17, 15) is 0 Å². The molecule has 10 rings (SSSR count). The molecule has 0 amide bonds. The summed E-state index contributed by atoms with van der Waals surface area (Å²) in [5.74, 6) is 0. The number of benzene rings is 3. The first-order valence-corrected chi connectivity index (χ1v) is 17.7. The van der Waals surface area contributed by atoms with Crippen LogP contribution < -0.4 is 0 Å². The summed E-state index contributed by atoms with van der Waals surface area (Å²) in [7, 11) is 0. The van der Waals surface area contributed by atoms with Crippen LogP contribution in [0.2, 0.25) is 0 Å². The summed E-state index contributed by atoms with van der Waals surface area (Å²) in [6.45, 7) is 0. The Hall–Kier alpha value is -7.51. The molecular weight excluding hydrogens is 663 g/mol. The van der Waals surface area contributed by atoms with E-state index < -0.39 is 0 Å². The van der Waals surface area contributed by atoms with Gasteiger partial charge >= 0.3 is 0 Å². The van der Waals surface area contributed by atoms with Gasteiger partial charge in [0, 0.05) is 94.2 Å². The number of hydrogen-bond acceptors (Lipinski definition) is 7. The lowest BCUT2D eigenvalue weighted by Gasteiger charge is -2.20. The van der Waals surface area contributed by atoms with Crippen molar-refractivity contribution in [3.63, 3.8) is 0 Å². The number of para-hydroxylation sites is 1. The van der Waals surface area contributed by atoms with Crippen LogP contribution in [0.5, 0.6) is 0 Å². The summed E-state index contributed by atoms with van der Waals surface area (Å²) in [5.41, 5.74) is 12.2. The van der Waals surface area contributed by atoms with E-state index in [1.54, 1.807) is 24.8 Å². The lowest BCUT2D eigenvalue weighted by Crippen LogP contribution is -1.97. The van der Waals surface area contributed by atoms with E-state index in [4.69, 9.17) is 15.0 Å². The highest BCUT2D eigenvalue weighted by Gasteiger charge is 2.22. The molecule has 0 spiro atoms. The van der Waals surface area contributed by atoms with Gasteiger partial charge in [-0.3, -0.25) is 24.9 Å². The molecule has 252 valence electrons. The highest BCUT2D eigenvalue weighted by Crippen LogP contribution is 2.47. The molecule has 0 saturated carbocycles. The molecule has 7 heteroatoms. The zero-order valence-electron chi connectivity index (χ0n) is 28.9. The lowest BCUT2D eigenvalue weighted by atomic mass is 9.84. The zero-order chi connectivity index (χ0) is 35.8. The molecule has 0 bridgehead atoms. The van der Waals surface area contributed by atoms with Gasteiger partial charge in [-0.15, -0.1) is 0 Å². The largest absolute Gasteiger partial charge is 0.264 e. The maximum absolute atomic E-state index is 5.15. The highest BCUT2D eigenvalue weighted by molar-refractivity contribution is 6.27. The fourth-order valence-corrected chi connectivity index (χ4v) is 7.41. The fraction of sp³-hybridized carbons (Fsp3) is 0. The van der Waals surface area contributed by atoms with E-state index in [1.165, 1.54) is 0 Å². The van der Waals surface area contributed by atoms with Crippen molar-refractivity contribution in [3.05, 3.63) is 177 Å². The molecule has 10 aromatic rings. The summed E-state index contributed by atoms with van der Waals surface area (Å²) in [5, 5.41) is 5.41. The normalized spacial score (nSPS) is 11.3. The van der Waals surface area contributed by atoms with E-state index >= 15 is 0 Å². The molecule has 0 aliphatic heterocycles. The van der Waals surface area contributed by atoms with Crippen molar-refractivity contribution >= 4 is 32.4 Å². The van der Waals surface area contributed by atoms with Crippen LogP contribution in [0.15, 0.2) is 177 Å². The Morgan fingerprint density at radius 1 is 0.315 bits per heavy atom. The minimum Gasteiger partial charge on any atom is -0.264 e. The molecule has 0 aliphatic carbocycles. The number of fused-ring (bicyclic) bond motifs is 4. The molecular formula is C47H29N7. The van der Waals surface area contributed by atoms with Crippen molar-refractivity contribution in [2.45, 2.75) is 0 Å². The van der Waals surface area contributed by atoms with Gasteiger partial charge in [0.1, 0.15) is 0 Å². The van der Waals surface area contributed by atoms with Crippen LogP contribution in [-0.2, 0) is 0 Å². The van der Waals surface area contributed by atoms with Crippen molar-refractivity contribution in [1.29, 1.82) is 0 Å². The number of aromatic nitrogens is 7. The summed E-state index contributed by atoms with van der Waals surface area (Å²) in [6.07, 6.45) is 16.6. The Morgan fingerprint density at radius 2 is 0.722 bits per heavy atom. The van der Waals surface area contributed by atoms with Gasteiger partial charge in [0.25, 0.3) is 0 Å². The third-order valence-electron chi connectivity index (χ3n) is 9.82. The smallest absolute Gasteiger partial charge is 0.0731 e. The molecule has 0 atom stereocenters. The van der Waals surface area contributed by atoms with Crippen molar-refractivity contribution in [3.8, 4) is 67.3 Å². The summed E-state index contributed by atoms with van der Waals surface area (Å²) >= 11 is 0. The molecule has 3 aromatic carbocycles. The number of rotatable bonds is 6. The van der Waals surface area contributed by atoms with Gasteiger partial charge in [-0.2, -0.15) is 0 Å². The first-order chi connectivity index (χ1) is 26.8. The van der Waals surface area contributed by atoms with Crippen molar-refractivity contribution in [2.75, 3.05) is 0 Å². The molecule has 0 radical (unpaired) electrons. The van der Waals surface area contributed by atoms with Crippen molar-refractivity contribution < 1.29 is 0 Å². The molecule has 0 fully saturated rings. The van der Waals surface area contributed by atoms with Crippen LogP contribution in [0.3, 0.4) is 0 Å². The first kappa shape index (κ1) is 31.2. The fourth-order valence-electron chi connectivity index (χ4n) is 7.41. The molecule has 7 aromatic heterocycles. The summed E-state index contributed by atoms with van der Waals surface area (Å²) in [6, 6.07) is 41.7. The second-order valence-corrected chi connectivity index (χ2v) is 13.1. The topological polar surface area (TPSA) is 90.2 Å². The lowest BCUT2D eigenvalue weighted by molar-refractivity contribution is 1.26. The van der Waals surface area contributed by atoms with Gasteiger partial charge < -0.3 is 0 Å². The Kier molecular flexibility index (Phi) is 7.66. The van der Waals surface area contributed by atoms with Crippen LogP contribution in [-0.4, -0.2) is 34.9 Å². The molecule has 7 nitrogen and oxygen atoms in total. The minimum absolute atomic E-state index is 0.825. The number of hydrogen-bond donors (Lipinski definition) is 0. The Labute approximate surface area is 310 Å². The van der Waals surface area contributed by atoms with Crippen LogP contribution >= 0.6 is 0 Å². The third-order valence-corrected chi connectivity index (χ3v) is 9.82. The van der Waals surface area contributed by atoms with Gasteiger partial charge in [0.2, 0.25) is 0 Å². The molecule has 0 aliphatic rings. The number of pyridine rings is 7. The van der Waals surface area contributed by atoms with E-state index in [-0.39, 0.29) is 0 Å². The average molecular weight is 692 g/mol. The van der Waals surface area contributed by atoms with Crippen molar-refractivity contribution in [2.24, 2.45) is 0 Å². The SMILES string of the molecule is c1cncc(-c2cc(-c3c4ccccc4c(-c4cc(-c5cccnc5)nc(-c5cccnc5)c4)c4c3cnc3ccccc34)cc(-c3cccnc3)n2)c1. The highest BCUT2D eigenvalue weighted by atomic mass is 14.7. The predicted octanol–water partition coefficient (Wildman–Crippen LogP) is 10.9. The molecule has 54 heavy (non-hydrogen) atoms. The maximum atomic E-state index is 5.15. The van der Waals surface area contributed by atoms with Crippen molar-refractivity contribution in [1.82, 2.24) is 34.9 Å². The Bertz CT molecular complexity index is 2860. The second-order valence-electron chi connectivity index (χ2n) is 13.1. The predicted molar refractivity (Wildman–Crippen MR) is 216 cm³/mol. The summed E-state index contributed by atoms with van der Waals surface area (Å²) < 4.78 is 0. The quantitative estimate of drug-likeness (QED) is 0.127. The second kappa shape index (κ2) is 13.2. The molecule has 0 N–H and O–H groups in total. The van der Waals surface area contributed by atoms with E-state index in [2.05, 4.69) is 86.7 Å². The maximum Gasteiger partial charge on any atom is 0.0731 e. The Balaban J connectivity index is 1.34.